The van der Waals surface area contributed by atoms with Crippen molar-refractivity contribution in [3.05, 3.63) is 89.5 Å². The fraction of sp³-hybridized carbons (Fsp3) is 0.438. The molecule has 4 heterocycles. The van der Waals surface area contributed by atoms with Gasteiger partial charge in [-0.1, -0.05) is 108 Å². The molecule has 5 nitrogen and oxygen atoms in total. The van der Waals surface area contributed by atoms with E-state index in [1.54, 1.807) is 6.33 Å². The molecule has 0 spiro atoms. The van der Waals surface area contributed by atoms with Gasteiger partial charge in [-0.05, 0) is 85.4 Å². The Morgan fingerprint density at radius 3 is 2.22 bits per heavy atom. The van der Waals surface area contributed by atoms with Gasteiger partial charge in [0.2, 0.25) is 0 Å². The first kappa shape index (κ1) is 38.4. The van der Waals surface area contributed by atoms with Gasteiger partial charge in [-0.2, -0.15) is 0 Å². The maximum atomic E-state index is 11.7. The second kappa shape index (κ2) is 14.3. The Balaban J connectivity index is 0.000000243. The molecule has 1 aliphatic heterocycles. The molecule has 283 valence electrons. The van der Waals surface area contributed by atoms with Crippen LogP contribution in [0.1, 0.15) is 129 Å². The number of carbonyl (C=O) groups excluding carboxylic acids is 1. The van der Waals surface area contributed by atoms with E-state index in [-0.39, 0.29) is 48.9 Å². The molecule has 6 heteroatoms. The Kier molecular flexibility index (Phi) is 10.2. The first-order valence-corrected chi connectivity index (χ1v) is 20.1. The summed E-state index contributed by atoms with van der Waals surface area (Å²) in [5.74, 6) is 1.11. The van der Waals surface area contributed by atoms with E-state index < -0.39 is 0 Å². The van der Waals surface area contributed by atoms with E-state index in [9.17, 15) is 9.90 Å². The average Bonchev–Trinajstić information content (AvgIpc) is 3.50. The van der Waals surface area contributed by atoms with Crippen LogP contribution < -0.4 is 0 Å². The van der Waals surface area contributed by atoms with Crippen molar-refractivity contribution in [1.29, 1.82) is 0 Å². The summed E-state index contributed by atoms with van der Waals surface area (Å²) in [5.41, 5.74) is 10.6. The van der Waals surface area contributed by atoms with Crippen molar-refractivity contribution in [3.63, 3.8) is 0 Å². The first-order valence-electron chi connectivity index (χ1n) is 20.1. The van der Waals surface area contributed by atoms with Gasteiger partial charge in [0.05, 0.1) is 22.3 Å². The normalized spacial score (nSPS) is 16.8. The summed E-state index contributed by atoms with van der Waals surface area (Å²) in [4.78, 5) is 21.6. The molecule has 3 aromatic heterocycles. The fourth-order valence-corrected chi connectivity index (χ4v) is 9.98. The zero-order chi connectivity index (χ0) is 37.4. The Morgan fingerprint density at radius 1 is 0.870 bits per heavy atom. The molecule has 0 amide bonds. The number of hydrogen-bond donors (Lipinski definition) is 1. The van der Waals surface area contributed by atoms with Crippen molar-refractivity contribution in [3.8, 4) is 0 Å². The molecule has 7 aromatic rings. The SMILES string of the molecule is CC1(C)CCC(c2cc3ncnc4c5[c-]c6ccccc6c6c5n5c7c(cccc7c2c5c34)C6(C)C)CC1.CCC(CC)C(=O)/C=C(\O)C(CC)CC.[Ir]. The zero-order valence-electron chi connectivity index (χ0n) is 33.2. The smallest absolute Gasteiger partial charge is 0.162 e. The van der Waals surface area contributed by atoms with Crippen LogP contribution in [0.5, 0.6) is 0 Å². The zero-order valence-corrected chi connectivity index (χ0v) is 35.6. The van der Waals surface area contributed by atoms with Crippen molar-refractivity contribution >= 4 is 65.7 Å². The number of allylic oxidation sites excluding steroid dienone is 2. The number of ketones is 1. The molecule has 1 saturated carbocycles. The Bertz CT molecular complexity index is 2560. The fourth-order valence-electron chi connectivity index (χ4n) is 9.98. The van der Waals surface area contributed by atoms with E-state index in [0.717, 1.165) is 47.5 Å². The number of carbonyl (C=O) groups is 1. The molecule has 1 aliphatic carbocycles. The largest absolute Gasteiger partial charge is 0.512 e. The van der Waals surface area contributed by atoms with Crippen LogP contribution in [-0.4, -0.2) is 25.3 Å². The van der Waals surface area contributed by atoms with Gasteiger partial charge in [0.1, 0.15) is 6.33 Å². The Labute approximate surface area is 333 Å². The number of hydrogen-bond acceptors (Lipinski definition) is 4. The molecule has 9 rings (SSSR count). The number of rotatable bonds is 8. The first-order chi connectivity index (χ1) is 25.4. The molecular weight excluding hydrogens is 843 g/mol. The molecule has 0 atom stereocenters. The van der Waals surface area contributed by atoms with Crippen LogP contribution in [0.2, 0.25) is 0 Å². The summed E-state index contributed by atoms with van der Waals surface area (Å²) < 4.78 is 2.59. The monoisotopic (exact) mass is 897 g/mol. The van der Waals surface area contributed by atoms with E-state index in [1.807, 2.05) is 27.7 Å². The van der Waals surface area contributed by atoms with Crippen LogP contribution in [0.25, 0.3) is 59.9 Å². The molecule has 54 heavy (non-hydrogen) atoms. The van der Waals surface area contributed by atoms with E-state index in [0.29, 0.717) is 11.3 Å². The van der Waals surface area contributed by atoms with Gasteiger partial charge in [-0.25, -0.2) is 4.98 Å². The molecule has 1 radical (unpaired) electrons. The van der Waals surface area contributed by atoms with Gasteiger partial charge >= 0.3 is 0 Å². The standard InChI is InChI=1S/C35H30N3.C13H24O2.Ir/c1-34(2)14-12-19(13-15-34)23-17-26-28-30(37-18-36-26)24-16-20-8-5-6-9-21(20)29-32(24)38-31-22(27(23)33(28)38)10-7-11-25(31)35(29,3)4;1-5-10(6-2)12(14)9-13(15)11(7-3)8-4;/h5-11,17-19H,12-15H2,1-4H3;9-11,14H,5-8H2,1-4H3;/q-1;;/b;12-9-;. The average molecular weight is 897 g/mol. The van der Waals surface area contributed by atoms with E-state index in [2.05, 4.69) is 86.7 Å². The minimum atomic E-state index is -0.151. The van der Waals surface area contributed by atoms with E-state index in [4.69, 9.17) is 9.97 Å². The van der Waals surface area contributed by atoms with Crippen LogP contribution in [0.4, 0.5) is 0 Å². The molecule has 2 aliphatic rings. The molecule has 1 N–H and O–H groups in total. The molecule has 0 saturated heterocycles. The Morgan fingerprint density at radius 2 is 1.54 bits per heavy atom. The number of benzene rings is 4. The topological polar surface area (TPSA) is 67.5 Å². The van der Waals surface area contributed by atoms with Crippen LogP contribution in [0.3, 0.4) is 0 Å². The summed E-state index contributed by atoms with van der Waals surface area (Å²) in [7, 11) is 0. The third-order valence-corrected chi connectivity index (χ3v) is 13.2. The van der Waals surface area contributed by atoms with Crippen LogP contribution in [0, 0.1) is 23.3 Å². The third kappa shape index (κ3) is 5.86. The second-order valence-corrected chi connectivity index (χ2v) is 17.2. The van der Waals surface area contributed by atoms with E-state index in [1.165, 1.54) is 86.5 Å². The molecule has 0 bridgehead atoms. The van der Waals surface area contributed by atoms with Crippen molar-refractivity contribution in [2.24, 2.45) is 17.3 Å². The summed E-state index contributed by atoms with van der Waals surface area (Å²) in [6.07, 6.45) is 11.7. The molecule has 1 fully saturated rings. The molecule has 4 aromatic carbocycles. The predicted octanol–water partition coefficient (Wildman–Crippen LogP) is 12.9. The van der Waals surface area contributed by atoms with E-state index >= 15 is 0 Å². The summed E-state index contributed by atoms with van der Waals surface area (Å²) in [5, 5.41) is 17.3. The van der Waals surface area contributed by atoms with Crippen molar-refractivity contribution in [2.75, 3.05) is 0 Å². The van der Waals surface area contributed by atoms with Crippen molar-refractivity contribution in [1.82, 2.24) is 14.4 Å². The molecule has 0 unspecified atom stereocenters. The van der Waals surface area contributed by atoms with Gasteiger partial charge in [-0.3, -0.25) is 9.78 Å². The van der Waals surface area contributed by atoms with Gasteiger partial charge in [0.25, 0.3) is 0 Å². The quantitative estimate of drug-likeness (QED) is 0.0542. The predicted molar refractivity (Wildman–Crippen MR) is 222 cm³/mol. The maximum absolute atomic E-state index is 11.7. The van der Waals surface area contributed by atoms with Gasteiger partial charge in [-0.15, -0.1) is 17.5 Å². The minimum absolute atomic E-state index is 0. The van der Waals surface area contributed by atoms with Crippen LogP contribution >= 0.6 is 0 Å². The number of aliphatic hydroxyl groups is 1. The number of aliphatic hydroxyl groups excluding tert-OH is 1. The maximum Gasteiger partial charge on any atom is 0.162 e. The third-order valence-electron chi connectivity index (χ3n) is 13.2. The summed E-state index contributed by atoms with van der Waals surface area (Å²) in [6, 6.07) is 22.0. The van der Waals surface area contributed by atoms with Crippen molar-refractivity contribution in [2.45, 2.75) is 118 Å². The molecular formula is C48H54IrN3O2-. The number of aromatic nitrogens is 3. The van der Waals surface area contributed by atoms with Gasteiger partial charge < -0.3 is 9.51 Å². The summed E-state index contributed by atoms with van der Waals surface area (Å²) in [6.45, 7) is 17.7. The van der Waals surface area contributed by atoms with Gasteiger partial charge in [0, 0.05) is 65.1 Å². The van der Waals surface area contributed by atoms with Crippen LogP contribution in [-0.2, 0) is 30.3 Å². The number of para-hydroxylation sites is 1. The number of nitrogens with zero attached hydrogens (tertiary/aromatic N) is 3. The minimum Gasteiger partial charge on any atom is -0.512 e. The van der Waals surface area contributed by atoms with Gasteiger partial charge in [0.15, 0.2) is 5.78 Å². The van der Waals surface area contributed by atoms with Crippen LogP contribution in [0.15, 0.2) is 66.7 Å². The number of fused-ring (bicyclic) bond motifs is 4. The summed E-state index contributed by atoms with van der Waals surface area (Å²) >= 11 is 0. The van der Waals surface area contributed by atoms with Crippen molar-refractivity contribution < 1.29 is 30.0 Å². The number of pyridine rings is 1. The second-order valence-electron chi connectivity index (χ2n) is 17.2. The Hall–Kier alpha value is -3.86.